The van der Waals surface area contributed by atoms with Crippen LogP contribution in [-0.4, -0.2) is 11.8 Å². The molecule has 6 heteroatoms. The van der Waals surface area contributed by atoms with E-state index in [1.54, 1.807) is 13.0 Å². The molecule has 0 aliphatic carbocycles. The van der Waals surface area contributed by atoms with Gasteiger partial charge >= 0.3 is 11.8 Å². The topological polar surface area (TPSA) is 58.2 Å². The minimum Gasteiger partial charge on any atom is -0.341 e. The van der Waals surface area contributed by atoms with E-state index in [1.165, 1.54) is 12.1 Å². The molecule has 0 aromatic heterocycles. The average molecular weight is 337 g/mol. The molecule has 22 heavy (non-hydrogen) atoms. The fourth-order valence-electron chi connectivity index (χ4n) is 1.86. The molecule has 2 aromatic carbocycles. The molecule has 2 N–H and O–H groups in total. The molecule has 4 nitrogen and oxygen atoms in total. The van der Waals surface area contributed by atoms with Crippen LogP contribution in [0, 0.1) is 0 Å². The number of amides is 2. The van der Waals surface area contributed by atoms with Crippen molar-refractivity contribution in [3.05, 3.63) is 64.1 Å². The summed E-state index contributed by atoms with van der Waals surface area (Å²) in [5.41, 5.74) is 1.24. The van der Waals surface area contributed by atoms with E-state index < -0.39 is 11.8 Å². The zero-order valence-electron chi connectivity index (χ0n) is 11.8. The third-order valence-corrected chi connectivity index (χ3v) is 3.58. The van der Waals surface area contributed by atoms with Crippen molar-refractivity contribution in [2.24, 2.45) is 0 Å². The summed E-state index contributed by atoms with van der Waals surface area (Å²) in [5, 5.41) is 5.80. The van der Waals surface area contributed by atoms with Crippen LogP contribution in [0.4, 0.5) is 5.69 Å². The van der Waals surface area contributed by atoms with Gasteiger partial charge in [-0.25, -0.2) is 0 Å². The number of hydrogen-bond donors (Lipinski definition) is 2. The molecule has 0 bridgehead atoms. The molecule has 1 atom stereocenters. The van der Waals surface area contributed by atoms with Crippen molar-refractivity contribution in [1.82, 2.24) is 5.32 Å². The first-order chi connectivity index (χ1) is 10.5. The molecule has 0 saturated heterocycles. The molecule has 0 fully saturated rings. The smallest absolute Gasteiger partial charge is 0.313 e. The molecule has 0 saturated carbocycles. The monoisotopic (exact) mass is 336 g/mol. The Bertz CT molecular complexity index is 690. The van der Waals surface area contributed by atoms with Crippen molar-refractivity contribution in [2.75, 3.05) is 5.32 Å². The molecular formula is C16H14Cl2N2O2. The SMILES string of the molecule is C[C@H](NC(=O)C(=O)Nc1ccc(Cl)cc1Cl)c1ccccc1. The van der Waals surface area contributed by atoms with Crippen LogP contribution < -0.4 is 10.6 Å². The number of benzene rings is 2. The van der Waals surface area contributed by atoms with Gasteiger partial charge in [0.1, 0.15) is 0 Å². The lowest BCUT2D eigenvalue weighted by atomic mass is 10.1. The van der Waals surface area contributed by atoms with Crippen molar-refractivity contribution >= 4 is 40.7 Å². The summed E-state index contributed by atoms with van der Waals surface area (Å²) in [5.74, 6) is -1.52. The van der Waals surface area contributed by atoms with Crippen LogP contribution in [0.2, 0.25) is 10.0 Å². The summed E-state index contributed by atoms with van der Waals surface area (Å²) in [7, 11) is 0. The number of carbonyl (C=O) groups excluding carboxylic acids is 2. The van der Waals surface area contributed by atoms with Crippen molar-refractivity contribution in [3.63, 3.8) is 0 Å². The maximum Gasteiger partial charge on any atom is 0.313 e. The normalized spacial score (nSPS) is 11.6. The predicted octanol–water partition coefficient (Wildman–Crippen LogP) is 3.81. The Balaban J connectivity index is 1.99. The van der Waals surface area contributed by atoms with Gasteiger partial charge in [-0.1, -0.05) is 53.5 Å². The Morgan fingerprint density at radius 2 is 1.68 bits per heavy atom. The number of nitrogens with one attached hydrogen (secondary N) is 2. The number of halogens is 2. The van der Waals surface area contributed by atoms with E-state index in [2.05, 4.69) is 10.6 Å². The lowest BCUT2D eigenvalue weighted by Gasteiger charge is -2.14. The number of rotatable bonds is 3. The van der Waals surface area contributed by atoms with E-state index >= 15 is 0 Å². The minimum absolute atomic E-state index is 0.268. The molecule has 0 spiro atoms. The summed E-state index contributed by atoms with van der Waals surface area (Å²) in [6.07, 6.45) is 0. The Kier molecular flexibility index (Phi) is 5.41. The highest BCUT2D eigenvalue weighted by molar-refractivity contribution is 6.42. The van der Waals surface area contributed by atoms with Gasteiger partial charge in [0.25, 0.3) is 0 Å². The third kappa shape index (κ3) is 4.23. The second-order valence-electron chi connectivity index (χ2n) is 4.68. The quantitative estimate of drug-likeness (QED) is 0.837. The van der Waals surface area contributed by atoms with Gasteiger partial charge < -0.3 is 10.6 Å². The number of anilines is 1. The van der Waals surface area contributed by atoms with Gasteiger partial charge in [-0.15, -0.1) is 0 Å². The second kappa shape index (κ2) is 7.29. The van der Waals surface area contributed by atoms with Crippen LogP contribution in [0.5, 0.6) is 0 Å². The Labute approximate surface area is 138 Å². The highest BCUT2D eigenvalue weighted by Gasteiger charge is 2.18. The van der Waals surface area contributed by atoms with Crippen molar-refractivity contribution < 1.29 is 9.59 Å². The van der Waals surface area contributed by atoms with Crippen molar-refractivity contribution in [2.45, 2.75) is 13.0 Å². The predicted molar refractivity (Wildman–Crippen MR) is 88.1 cm³/mol. The lowest BCUT2D eigenvalue weighted by Crippen LogP contribution is -2.36. The van der Waals surface area contributed by atoms with Crippen LogP contribution in [0.1, 0.15) is 18.5 Å². The van der Waals surface area contributed by atoms with Gasteiger partial charge in [-0.2, -0.15) is 0 Å². The Hall–Kier alpha value is -2.04. The van der Waals surface area contributed by atoms with Gasteiger partial charge in [0.15, 0.2) is 0 Å². The summed E-state index contributed by atoms with van der Waals surface area (Å²) in [6.45, 7) is 1.80. The highest BCUT2D eigenvalue weighted by Crippen LogP contribution is 2.25. The zero-order valence-corrected chi connectivity index (χ0v) is 13.3. The van der Waals surface area contributed by atoms with E-state index in [1.807, 2.05) is 30.3 Å². The largest absolute Gasteiger partial charge is 0.341 e. The Morgan fingerprint density at radius 1 is 1.00 bits per heavy atom. The summed E-state index contributed by atoms with van der Waals surface area (Å²) in [4.78, 5) is 23.8. The molecule has 2 aromatic rings. The average Bonchev–Trinajstić information content (AvgIpc) is 2.50. The van der Waals surface area contributed by atoms with Gasteiger partial charge in [-0.05, 0) is 30.7 Å². The molecule has 0 aliphatic heterocycles. The van der Waals surface area contributed by atoms with Crippen LogP contribution in [0.3, 0.4) is 0 Å². The van der Waals surface area contributed by atoms with Gasteiger partial charge in [-0.3, -0.25) is 9.59 Å². The van der Waals surface area contributed by atoms with Crippen molar-refractivity contribution in [1.29, 1.82) is 0 Å². The summed E-state index contributed by atoms with van der Waals surface area (Å²) < 4.78 is 0. The van der Waals surface area contributed by atoms with Crippen LogP contribution in [0.15, 0.2) is 48.5 Å². The first kappa shape index (κ1) is 16.3. The van der Waals surface area contributed by atoms with E-state index in [-0.39, 0.29) is 11.1 Å². The van der Waals surface area contributed by atoms with E-state index in [0.717, 1.165) is 5.56 Å². The summed E-state index contributed by atoms with van der Waals surface area (Å²) >= 11 is 11.7. The molecule has 2 amide bonds. The van der Waals surface area contributed by atoms with E-state index in [0.29, 0.717) is 10.7 Å². The molecule has 0 unspecified atom stereocenters. The lowest BCUT2D eigenvalue weighted by molar-refractivity contribution is -0.136. The molecular weight excluding hydrogens is 323 g/mol. The van der Waals surface area contributed by atoms with Crippen LogP contribution in [-0.2, 0) is 9.59 Å². The maximum absolute atomic E-state index is 11.9. The highest BCUT2D eigenvalue weighted by atomic mass is 35.5. The zero-order chi connectivity index (χ0) is 16.1. The molecule has 2 rings (SSSR count). The maximum atomic E-state index is 11.9. The van der Waals surface area contributed by atoms with E-state index in [4.69, 9.17) is 23.2 Å². The van der Waals surface area contributed by atoms with Crippen LogP contribution in [0.25, 0.3) is 0 Å². The molecule has 0 radical (unpaired) electrons. The molecule has 0 heterocycles. The molecule has 0 aliphatic rings. The standard InChI is InChI=1S/C16H14Cl2N2O2/c1-10(11-5-3-2-4-6-11)19-15(21)16(22)20-14-8-7-12(17)9-13(14)18/h2-10H,1H3,(H,19,21)(H,20,22)/t10-/m0/s1. The fourth-order valence-corrected chi connectivity index (χ4v) is 2.31. The molecule has 114 valence electrons. The van der Waals surface area contributed by atoms with E-state index in [9.17, 15) is 9.59 Å². The van der Waals surface area contributed by atoms with Crippen LogP contribution >= 0.6 is 23.2 Å². The number of carbonyl (C=O) groups is 2. The minimum atomic E-state index is -0.785. The first-order valence-corrected chi connectivity index (χ1v) is 7.35. The van der Waals surface area contributed by atoms with Gasteiger partial charge in [0, 0.05) is 5.02 Å². The van der Waals surface area contributed by atoms with Gasteiger partial charge in [0.05, 0.1) is 16.8 Å². The van der Waals surface area contributed by atoms with Gasteiger partial charge in [0.2, 0.25) is 0 Å². The number of hydrogen-bond acceptors (Lipinski definition) is 2. The first-order valence-electron chi connectivity index (χ1n) is 6.59. The fraction of sp³-hybridized carbons (Fsp3) is 0.125. The van der Waals surface area contributed by atoms with Crippen molar-refractivity contribution in [3.8, 4) is 0 Å². The second-order valence-corrected chi connectivity index (χ2v) is 5.53. The summed E-state index contributed by atoms with van der Waals surface area (Å²) in [6, 6.07) is 13.7. The Morgan fingerprint density at radius 3 is 2.32 bits per heavy atom. The third-order valence-electron chi connectivity index (χ3n) is 3.03.